The van der Waals surface area contributed by atoms with E-state index in [2.05, 4.69) is 58.5 Å². The van der Waals surface area contributed by atoms with E-state index in [1.165, 1.54) is 0 Å². The van der Waals surface area contributed by atoms with Crippen LogP contribution in [0.15, 0.2) is 121 Å². The first kappa shape index (κ1) is 35.2. The van der Waals surface area contributed by atoms with Crippen molar-refractivity contribution in [1.82, 2.24) is 19.9 Å². The second kappa shape index (κ2) is 14.5. The first-order valence-corrected chi connectivity index (χ1v) is 18.1. The SMILES string of the molecule is Clc1ccc(-c2c3nc(c(-c4ccc(Cl)cc4)c4ccc([nH]4)c(-c4ccc(Cl)cc4)c4nc(c(-c5ccc(Cl)cc5)c5ccc2[nH]5)C=C4)C=C3)cc1.[Mn]. The molecule has 5 heterocycles. The summed E-state index contributed by atoms with van der Waals surface area (Å²) < 4.78 is 0. The van der Waals surface area contributed by atoms with E-state index < -0.39 is 0 Å². The fourth-order valence-corrected chi connectivity index (χ4v) is 7.39. The Balaban J connectivity index is 0.00000400. The van der Waals surface area contributed by atoms with Crippen LogP contribution in [0.1, 0.15) is 22.8 Å². The second-order valence-corrected chi connectivity index (χ2v) is 14.3. The second-order valence-electron chi connectivity index (χ2n) is 12.5. The van der Waals surface area contributed by atoms with Gasteiger partial charge in [0, 0.05) is 81.5 Å². The van der Waals surface area contributed by atoms with Gasteiger partial charge < -0.3 is 9.97 Å². The molecule has 4 nitrogen and oxygen atoms in total. The van der Waals surface area contributed by atoms with Crippen LogP contribution in [0.5, 0.6) is 0 Å². The van der Waals surface area contributed by atoms with Gasteiger partial charge in [0.25, 0.3) is 0 Å². The quantitative estimate of drug-likeness (QED) is 0.174. The maximum Gasteiger partial charge on any atom is 0.0737 e. The van der Waals surface area contributed by atoms with Gasteiger partial charge in [-0.15, -0.1) is 0 Å². The number of nitrogens with one attached hydrogen (secondary N) is 2. The largest absolute Gasteiger partial charge is 0.354 e. The number of aromatic amines is 2. The van der Waals surface area contributed by atoms with Crippen LogP contribution in [0.4, 0.5) is 0 Å². The first-order chi connectivity index (χ1) is 25.4. The van der Waals surface area contributed by atoms with Crippen molar-refractivity contribution in [2.75, 3.05) is 0 Å². The summed E-state index contributed by atoms with van der Waals surface area (Å²) in [6.07, 6.45) is 8.27. The third-order valence-corrected chi connectivity index (χ3v) is 10.3. The van der Waals surface area contributed by atoms with E-state index >= 15 is 0 Å². The van der Waals surface area contributed by atoms with E-state index in [-0.39, 0.29) is 17.1 Å². The number of nitrogens with zero attached hydrogens (tertiary/aromatic N) is 2. The van der Waals surface area contributed by atoms with Gasteiger partial charge in [-0.3, -0.25) is 0 Å². The molecule has 1 radical (unpaired) electrons. The van der Waals surface area contributed by atoms with Crippen LogP contribution in [0.3, 0.4) is 0 Å². The number of fused-ring (bicyclic) bond motifs is 8. The van der Waals surface area contributed by atoms with Gasteiger partial charge in [0.1, 0.15) is 0 Å². The molecule has 0 spiro atoms. The normalized spacial score (nSPS) is 11.8. The molecule has 9 rings (SSSR count). The van der Waals surface area contributed by atoms with Gasteiger partial charge in [-0.05, 0) is 119 Å². The summed E-state index contributed by atoms with van der Waals surface area (Å²) in [5, 5.41) is 2.64. The summed E-state index contributed by atoms with van der Waals surface area (Å²) in [4.78, 5) is 18.1. The van der Waals surface area contributed by atoms with Gasteiger partial charge >= 0.3 is 0 Å². The molecule has 0 unspecified atom stereocenters. The van der Waals surface area contributed by atoms with Crippen LogP contribution >= 0.6 is 46.4 Å². The number of hydrogen-bond acceptors (Lipinski definition) is 2. The molecule has 7 aromatic rings. The Bertz CT molecular complexity index is 2370. The minimum absolute atomic E-state index is 0. The minimum atomic E-state index is 0. The summed E-state index contributed by atoms with van der Waals surface area (Å²) in [5.74, 6) is 0. The maximum atomic E-state index is 6.37. The van der Waals surface area contributed by atoms with E-state index in [1.54, 1.807) is 0 Å². The van der Waals surface area contributed by atoms with Crippen LogP contribution in [0.2, 0.25) is 20.1 Å². The van der Waals surface area contributed by atoms with E-state index in [4.69, 9.17) is 56.4 Å². The zero-order chi connectivity index (χ0) is 35.3. The van der Waals surface area contributed by atoms with Gasteiger partial charge in [0.15, 0.2) is 0 Å². The number of halogens is 4. The number of aromatic nitrogens is 4. The number of H-pyrrole nitrogens is 2. The molecule has 2 N–H and O–H groups in total. The molecule has 0 saturated heterocycles. The van der Waals surface area contributed by atoms with Crippen molar-refractivity contribution in [3.05, 3.63) is 164 Å². The van der Waals surface area contributed by atoms with E-state index in [0.29, 0.717) is 20.1 Å². The Morgan fingerprint density at radius 2 is 0.509 bits per heavy atom. The van der Waals surface area contributed by atoms with Gasteiger partial charge in [0.05, 0.1) is 22.8 Å². The predicted molar refractivity (Wildman–Crippen MR) is 221 cm³/mol. The van der Waals surface area contributed by atoms with Crippen LogP contribution in [-0.2, 0) is 17.1 Å². The molecule has 0 aliphatic carbocycles. The summed E-state index contributed by atoms with van der Waals surface area (Å²) in [7, 11) is 0. The van der Waals surface area contributed by atoms with E-state index in [1.807, 2.05) is 97.1 Å². The molecule has 8 bridgehead atoms. The number of rotatable bonds is 4. The van der Waals surface area contributed by atoms with Crippen LogP contribution in [0.25, 0.3) is 90.9 Å². The third kappa shape index (κ3) is 6.77. The summed E-state index contributed by atoms with van der Waals surface area (Å²) >= 11 is 25.5. The smallest absolute Gasteiger partial charge is 0.0737 e. The Morgan fingerprint density at radius 3 is 0.717 bits per heavy atom. The maximum absolute atomic E-state index is 6.37. The van der Waals surface area contributed by atoms with E-state index in [9.17, 15) is 0 Å². The van der Waals surface area contributed by atoms with Gasteiger partial charge in [0.2, 0.25) is 0 Å². The number of hydrogen-bond donors (Lipinski definition) is 2. The Morgan fingerprint density at radius 1 is 0.302 bits per heavy atom. The molecular weight excluding hydrogens is 781 g/mol. The van der Waals surface area contributed by atoms with Crippen LogP contribution in [-0.4, -0.2) is 19.9 Å². The molecule has 2 aliphatic heterocycles. The van der Waals surface area contributed by atoms with Gasteiger partial charge in [-0.25, -0.2) is 9.97 Å². The average Bonchev–Trinajstić information content (AvgIpc) is 3.99. The van der Waals surface area contributed by atoms with Crippen molar-refractivity contribution < 1.29 is 17.1 Å². The van der Waals surface area contributed by atoms with E-state index in [0.717, 1.165) is 89.4 Å². The Labute approximate surface area is 336 Å². The van der Waals surface area contributed by atoms with Crippen molar-refractivity contribution >= 4 is 92.8 Å². The fraction of sp³-hybridized carbons (Fsp3) is 0. The molecular formula is C44H26Cl4MnN4. The zero-order valence-electron chi connectivity index (χ0n) is 27.6. The molecule has 0 saturated carbocycles. The molecule has 0 atom stereocenters. The van der Waals surface area contributed by atoms with Crippen LogP contribution < -0.4 is 0 Å². The average molecular weight is 807 g/mol. The topological polar surface area (TPSA) is 57.4 Å². The molecule has 4 aromatic carbocycles. The molecule has 3 aromatic heterocycles. The van der Waals surface area contributed by atoms with Crippen molar-refractivity contribution in [2.45, 2.75) is 0 Å². The standard InChI is InChI=1S/C44H26Cl4N4.Mn/c45-29-9-1-25(2-10-29)41-33-17-19-35(49-33)42(26-3-11-30(46)12-4-26)37-21-23-39(51-37)44(28-7-15-32(48)16-8-28)40-24-22-38(52-40)43(36-20-18-34(41)50-36)27-5-13-31(47)14-6-27;/h1-24,49,52H;. The Kier molecular flexibility index (Phi) is 9.65. The van der Waals surface area contributed by atoms with Crippen molar-refractivity contribution in [3.8, 4) is 44.5 Å². The fourth-order valence-electron chi connectivity index (χ4n) is 6.89. The minimum Gasteiger partial charge on any atom is -0.354 e. The summed E-state index contributed by atoms with van der Waals surface area (Å²) in [6.45, 7) is 0. The van der Waals surface area contributed by atoms with Crippen molar-refractivity contribution in [1.29, 1.82) is 0 Å². The summed E-state index contributed by atoms with van der Waals surface area (Å²) in [6, 6.07) is 39.8. The molecule has 0 fully saturated rings. The first-order valence-electron chi connectivity index (χ1n) is 16.6. The van der Waals surface area contributed by atoms with Gasteiger partial charge in [-0.1, -0.05) is 94.9 Å². The molecule has 2 aliphatic rings. The molecule has 53 heavy (non-hydrogen) atoms. The third-order valence-electron chi connectivity index (χ3n) is 9.29. The molecule has 0 amide bonds. The Hall–Kier alpha value is -4.84. The van der Waals surface area contributed by atoms with Crippen molar-refractivity contribution in [2.24, 2.45) is 0 Å². The molecule has 9 heteroatoms. The number of benzene rings is 4. The zero-order valence-corrected chi connectivity index (χ0v) is 31.8. The predicted octanol–water partition coefficient (Wildman–Crippen LogP) is 13.9. The monoisotopic (exact) mass is 805 g/mol. The van der Waals surface area contributed by atoms with Gasteiger partial charge in [-0.2, -0.15) is 0 Å². The molecule has 257 valence electrons. The van der Waals surface area contributed by atoms with Crippen LogP contribution in [0, 0.1) is 0 Å². The summed E-state index contributed by atoms with van der Waals surface area (Å²) in [5.41, 5.74) is 14.5. The van der Waals surface area contributed by atoms with Crippen molar-refractivity contribution in [3.63, 3.8) is 0 Å².